The van der Waals surface area contributed by atoms with Gasteiger partial charge in [0.1, 0.15) is 5.75 Å². The summed E-state index contributed by atoms with van der Waals surface area (Å²) in [6.45, 7) is 13.0. The molecule has 0 atom stereocenters. The lowest BCUT2D eigenvalue weighted by molar-refractivity contribution is 0.381. The van der Waals surface area contributed by atoms with Crippen molar-refractivity contribution < 1.29 is 4.74 Å². The van der Waals surface area contributed by atoms with Crippen molar-refractivity contribution in [1.29, 1.82) is 0 Å². The van der Waals surface area contributed by atoms with E-state index in [1.165, 1.54) is 0 Å². The maximum absolute atomic E-state index is 6.24. The van der Waals surface area contributed by atoms with Crippen LogP contribution in [0, 0.1) is 0 Å². The predicted octanol–water partition coefficient (Wildman–Crippen LogP) is 4.94. The molecule has 0 N–H and O–H groups in total. The first-order valence-electron chi connectivity index (χ1n) is 5.96. The Balaban J connectivity index is 3.58. The van der Waals surface area contributed by atoms with E-state index in [0.29, 0.717) is 0 Å². The van der Waals surface area contributed by atoms with Crippen LogP contribution in [-0.4, -0.2) is 7.11 Å². The lowest BCUT2D eigenvalue weighted by atomic mass is 9.79. The van der Waals surface area contributed by atoms with Gasteiger partial charge in [0, 0.05) is 16.1 Å². The summed E-state index contributed by atoms with van der Waals surface area (Å²) >= 11 is 6.24. The van der Waals surface area contributed by atoms with Gasteiger partial charge in [-0.3, -0.25) is 0 Å². The second-order valence-corrected chi connectivity index (χ2v) is 6.97. The van der Waals surface area contributed by atoms with Crippen LogP contribution in [0.3, 0.4) is 0 Å². The zero-order valence-corrected chi connectivity index (χ0v) is 12.7. The zero-order chi connectivity index (χ0) is 13.4. The van der Waals surface area contributed by atoms with Crippen LogP contribution in [0.15, 0.2) is 12.1 Å². The van der Waals surface area contributed by atoms with Gasteiger partial charge < -0.3 is 4.74 Å². The van der Waals surface area contributed by atoms with E-state index in [4.69, 9.17) is 16.3 Å². The summed E-state index contributed by atoms with van der Waals surface area (Å²) in [7, 11) is 1.73. The van der Waals surface area contributed by atoms with E-state index >= 15 is 0 Å². The molecule has 0 radical (unpaired) electrons. The Morgan fingerprint density at radius 3 is 1.47 bits per heavy atom. The molecule has 0 saturated carbocycles. The van der Waals surface area contributed by atoms with Crippen LogP contribution >= 0.6 is 11.6 Å². The molecule has 0 aliphatic heterocycles. The fourth-order valence-corrected chi connectivity index (χ4v) is 2.15. The molecule has 1 rings (SSSR count). The number of hydrogen-bond donors (Lipinski definition) is 0. The Bertz CT molecular complexity index is 373. The van der Waals surface area contributed by atoms with E-state index < -0.39 is 0 Å². The molecule has 1 aromatic carbocycles. The van der Waals surface area contributed by atoms with Gasteiger partial charge in [0.2, 0.25) is 0 Å². The van der Waals surface area contributed by atoms with Gasteiger partial charge in [-0.1, -0.05) is 53.1 Å². The predicted molar refractivity (Wildman–Crippen MR) is 75.4 cm³/mol. The minimum atomic E-state index is 0.0241. The maximum Gasteiger partial charge on any atom is 0.126 e. The molecule has 2 heteroatoms. The van der Waals surface area contributed by atoms with Crippen LogP contribution < -0.4 is 4.74 Å². The quantitative estimate of drug-likeness (QED) is 0.690. The summed E-state index contributed by atoms with van der Waals surface area (Å²) in [4.78, 5) is 0. The van der Waals surface area contributed by atoms with Crippen molar-refractivity contribution in [3.8, 4) is 5.75 Å². The Labute approximate surface area is 110 Å². The molecule has 96 valence electrons. The summed E-state index contributed by atoms with van der Waals surface area (Å²) in [5.41, 5.74) is 2.38. The van der Waals surface area contributed by atoms with Gasteiger partial charge in [0.05, 0.1) is 7.11 Å². The van der Waals surface area contributed by atoms with Gasteiger partial charge in [-0.25, -0.2) is 0 Å². The van der Waals surface area contributed by atoms with Crippen molar-refractivity contribution in [2.75, 3.05) is 7.11 Å². The Hall–Kier alpha value is -0.690. The van der Waals surface area contributed by atoms with Gasteiger partial charge in [-0.2, -0.15) is 0 Å². The smallest absolute Gasteiger partial charge is 0.126 e. The molecule has 0 aliphatic carbocycles. The van der Waals surface area contributed by atoms with Crippen molar-refractivity contribution in [3.05, 3.63) is 28.3 Å². The van der Waals surface area contributed by atoms with Crippen LogP contribution in [0.4, 0.5) is 0 Å². The summed E-state index contributed by atoms with van der Waals surface area (Å²) < 4.78 is 5.63. The first-order chi connectivity index (χ1) is 7.57. The highest BCUT2D eigenvalue weighted by atomic mass is 35.5. The molecular weight excluding hydrogens is 232 g/mol. The van der Waals surface area contributed by atoms with E-state index in [-0.39, 0.29) is 10.8 Å². The van der Waals surface area contributed by atoms with Crippen molar-refractivity contribution in [1.82, 2.24) is 0 Å². The molecular formula is C15H23ClO. The first-order valence-corrected chi connectivity index (χ1v) is 6.33. The van der Waals surface area contributed by atoms with E-state index in [1.807, 2.05) is 12.1 Å². The van der Waals surface area contributed by atoms with Crippen LogP contribution in [0.5, 0.6) is 5.75 Å². The highest BCUT2D eigenvalue weighted by molar-refractivity contribution is 6.30. The second kappa shape index (κ2) is 4.53. The standard InChI is InChI=1S/C15H23ClO/c1-14(2,3)11-8-10(16)9-12(13(11)17-7)15(4,5)6/h8-9H,1-7H3. The average molecular weight is 255 g/mol. The minimum Gasteiger partial charge on any atom is -0.496 e. The third kappa shape index (κ3) is 3.16. The summed E-state index contributed by atoms with van der Waals surface area (Å²) in [5.74, 6) is 0.967. The average Bonchev–Trinajstić information content (AvgIpc) is 2.13. The normalized spacial score (nSPS) is 12.7. The van der Waals surface area contributed by atoms with E-state index in [1.54, 1.807) is 7.11 Å². The van der Waals surface area contributed by atoms with Crippen molar-refractivity contribution in [2.45, 2.75) is 52.4 Å². The molecule has 0 aromatic heterocycles. The number of rotatable bonds is 1. The molecule has 0 amide bonds. The van der Waals surface area contributed by atoms with E-state index in [2.05, 4.69) is 41.5 Å². The third-order valence-corrected chi connectivity index (χ3v) is 3.09. The molecule has 1 aromatic rings. The van der Waals surface area contributed by atoms with Crippen molar-refractivity contribution in [3.63, 3.8) is 0 Å². The fourth-order valence-electron chi connectivity index (χ4n) is 1.93. The van der Waals surface area contributed by atoms with Gasteiger partial charge in [-0.05, 0) is 23.0 Å². The van der Waals surface area contributed by atoms with Gasteiger partial charge in [0.25, 0.3) is 0 Å². The molecule has 0 spiro atoms. The summed E-state index contributed by atoms with van der Waals surface area (Å²) in [6, 6.07) is 4.02. The molecule has 0 aliphatic rings. The Morgan fingerprint density at radius 2 is 1.24 bits per heavy atom. The molecule has 1 nitrogen and oxygen atoms in total. The van der Waals surface area contributed by atoms with Crippen LogP contribution in [-0.2, 0) is 10.8 Å². The van der Waals surface area contributed by atoms with Crippen LogP contribution in [0.25, 0.3) is 0 Å². The Morgan fingerprint density at radius 1 is 0.882 bits per heavy atom. The summed E-state index contributed by atoms with van der Waals surface area (Å²) in [6.07, 6.45) is 0. The molecule has 0 fully saturated rings. The zero-order valence-electron chi connectivity index (χ0n) is 11.9. The molecule has 0 saturated heterocycles. The number of halogens is 1. The highest BCUT2D eigenvalue weighted by Crippen LogP contribution is 2.41. The van der Waals surface area contributed by atoms with E-state index in [9.17, 15) is 0 Å². The summed E-state index contributed by atoms with van der Waals surface area (Å²) in [5, 5.41) is 0.778. The maximum atomic E-state index is 6.24. The minimum absolute atomic E-state index is 0.0241. The Kier molecular flexibility index (Phi) is 3.83. The van der Waals surface area contributed by atoms with Crippen LogP contribution in [0.1, 0.15) is 52.7 Å². The molecule has 0 bridgehead atoms. The molecule has 0 heterocycles. The number of benzene rings is 1. The fraction of sp³-hybridized carbons (Fsp3) is 0.600. The topological polar surface area (TPSA) is 9.23 Å². The second-order valence-electron chi connectivity index (χ2n) is 6.53. The lowest BCUT2D eigenvalue weighted by Crippen LogP contribution is -2.19. The van der Waals surface area contributed by atoms with E-state index in [0.717, 1.165) is 21.9 Å². The lowest BCUT2D eigenvalue weighted by Gasteiger charge is -2.29. The number of methoxy groups -OCH3 is 1. The highest BCUT2D eigenvalue weighted by Gasteiger charge is 2.27. The van der Waals surface area contributed by atoms with Crippen molar-refractivity contribution in [2.24, 2.45) is 0 Å². The van der Waals surface area contributed by atoms with Crippen molar-refractivity contribution >= 4 is 11.6 Å². The van der Waals surface area contributed by atoms with Gasteiger partial charge >= 0.3 is 0 Å². The van der Waals surface area contributed by atoms with Crippen LogP contribution in [0.2, 0.25) is 5.02 Å². The largest absolute Gasteiger partial charge is 0.496 e. The van der Waals surface area contributed by atoms with Gasteiger partial charge in [-0.15, -0.1) is 0 Å². The third-order valence-electron chi connectivity index (χ3n) is 2.87. The monoisotopic (exact) mass is 254 g/mol. The number of hydrogen-bond acceptors (Lipinski definition) is 1. The number of ether oxygens (including phenoxy) is 1. The SMILES string of the molecule is COc1c(C(C)(C)C)cc(Cl)cc1C(C)(C)C. The molecule has 17 heavy (non-hydrogen) atoms. The first kappa shape index (κ1) is 14.4. The van der Waals surface area contributed by atoms with Gasteiger partial charge in [0.15, 0.2) is 0 Å². The molecule has 0 unspecified atom stereocenters.